The van der Waals surface area contributed by atoms with E-state index in [1.54, 1.807) is 31.4 Å². The van der Waals surface area contributed by atoms with Crippen LogP contribution in [0.5, 0.6) is 5.75 Å². The van der Waals surface area contributed by atoms with Crippen molar-refractivity contribution >= 4 is 23.5 Å². The summed E-state index contributed by atoms with van der Waals surface area (Å²) in [6, 6.07) is 14.0. The minimum absolute atomic E-state index is 0.137. The van der Waals surface area contributed by atoms with Gasteiger partial charge in [0.15, 0.2) is 0 Å². The lowest BCUT2D eigenvalue weighted by Crippen LogP contribution is -2.33. The molecule has 0 aliphatic heterocycles. The number of rotatable bonds is 8. The number of methoxy groups -OCH3 is 2. The number of esters is 1. The van der Waals surface area contributed by atoms with E-state index in [-0.39, 0.29) is 24.8 Å². The van der Waals surface area contributed by atoms with Crippen LogP contribution >= 0.6 is 0 Å². The molecular formula is C21H24N2O5. The van der Waals surface area contributed by atoms with E-state index in [0.717, 1.165) is 11.3 Å². The van der Waals surface area contributed by atoms with Crippen LogP contribution in [0.4, 0.5) is 5.69 Å². The first-order valence-corrected chi connectivity index (χ1v) is 8.80. The van der Waals surface area contributed by atoms with Crippen LogP contribution in [0.3, 0.4) is 0 Å². The Kier molecular flexibility index (Phi) is 7.56. The van der Waals surface area contributed by atoms with Crippen molar-refractivity contribution in [2.24, 2.45) is 0 Å². The minimum atomic E-state index is -0.484. The van der Waals surface area contributed by atoms with Gasteiger partial charge >= 0.3 is 5.97 Å². The second kappa shape index (κ2) is 10.1. The third-order valence-electron chi connectivity index (χ3n) is 4.17. The number of carbonyl (C=O) groups excluding carboxylic acids is 3. The topological polar surface area (TPSA) is 84.9 Å². The highest BCUT2D eigenvalue weighted by molar-refractivity contribution is 5.95. The molecule has 0 radical (unpaired) electrons. The molecule has 1 N–H and O–H groups in total. The van der Waals surface area contributed by atoms with Crippen molar-refractivity contribution in [3.05, 3.63) is 59.7 Å². The predicted octanol–water partition coefficient (Wildman–Crippen LogP) is 2.54. The Hall–Kier alpha value is -3.35. The molecule has 28 heavy (non-hydrogen) atoms. The Morgan fingerprint density at radius 1 is 1.04 bits per heavy atom. The number of benzene rings is 2. The van der Waals surface area contributed by atoms with E-state index in [2.05, 4.69) is 5.32 Å². The normalized spacial score (nSPS) is 10.1. The Labute approximate surface area is 164 Å². The van der Waals surface area contributed by atoms with Crippen LogP contribution in [-0.2, 0) is 20.9 Å². The van der Waals surface area contributed by atoms with Crippen molar-refractivity contribution in [3.63, 3.8) is 0 Å². The summed E-state index contributed by atoms with van der Waals surface area (Å²) in [4.78, 5) is 37.3. The average molecular weight is 384 g/mol. The van der Waals surface area contributed by atoms with Gasteiger partial charge in [0.25, 0.3) is 0 Å². The zero-order chi connectivity index (χ0) is 20.5. The van der Waals surface area contributed by atoms with Crippen molar-refractivity contribution < 1.29 is 23.9 Å². The molecule has 148 valence electrons. The molecule has 2 aromatic rings. The van der Waals surface area contributed by atoms with Crippen LogP contribution in [0.15, 0.2) is 48.5 Å². The smallest absolute Gasteiger partial charge is 0.337 e. The molecule has 7 heteroatoms. The van der Waals surface area contributed by atoms with E-state index in [0.29, 0.717) is 17.8 Å². The summed E-state index contributed by atoms with van der Waals surface area (Å²) < 4.78 is 9.80. The molecule has 0 saturated carbocycles. The Bertz CT molecular complexity index is 833. The molecule has 0 atom stereocenters. The maximum atomic E-state index is 12.2. The first-order valence-electron chi connectivity index (χ1n) is 8.80. The summed E-state index contributed by atoms with van der Waals surface area (Å²) in [5.41, 5.74) is 1.83. The fourth-order valence-electron chi connectivity index (χ4n) is 2.63. The summed E-state index contributed by atoms with van der Waals surface area (Å²) >= 11 is 0. The quantitative estimate of drug-likeness (QED) is 0.707. The molecule has 7 nitrogen and oxygen atoms in total. The summed E-state index contributed by atoms with van der Waals surface area (Å²) in [6.07, 6.45) is 0.137. The van der Waals surface area contributed by atoms with E-state index in [9.17, 15) is 14.4 Å². The van der Waals surface area contributed by atoms with Crippen molar-refractivity contribution in [2.45, 2.75) is 19.9 Å². The van der Waals surface area contributed by atoms with Crippen LogP contribution in [0, 0.1) is 0 Å². The Morgan fingerprint density at radius 2 is 1.75 bits per heavy atom. The first-order chi connectivity index (χ1) is 13.4. The monoisotopic (exact) mass is 384 g/mol. The van der Waals surface area contributed by atoms with Crippen molar-refractivity contribution in [1.29, 1.82) is 0 Å². The van der Waals surface area contributed by atoms with Crippen molar-refractivity contribution in [3.8, 4) is 5.75 Å². The lowest BCUT2D eigenvalue weighted by molar-refractivity contribution is -0.121. The lowest BCUT2D eigenvalue weighted by atomic mass is 10.1. The third-order valence-corrected chi connectivity index (χ3v) is 4.17. The van der Waals surface area contributed by atoms with Gasteiger partial charge in [-0.1, -0.05) is 18.2 Å². The molecule has 0 saturated heterocycles. The van der Waals surface area contributed by atoms with Gasteiger partial charge in [0.05, 0.1) is 19.8 Å². The summed E-state index contributed by atoms with van der Waals surface area (Å²) in [7, 11) is 2.89. The molecule has 0 bridgehead atoms. The molecule has 0 aromatic heterocycles. The van der Waals surface area contributed by atoms with Gasteiger partial charge in [-0.2, -0.15) is 0 Å². The maximum absolute atomic E-state index is 12.2. The minimum Gasteiger partial charge on any atom is -0.497 e. The van der Waals surface area contributed by atoms with E-state index in [4.69, 9.17) is 9.47 Å². The molecule has 0 fully saturated rings. The second-order valence-corrected chi connectivity index (χ2v) is 6.09. The molecule has 0 unspecified atom stereocenters. The molecule has 0 spiro atoms. The number of hydrogen-bond acceptors (Lipinski definition) is 5. The number of anilines is 1. The molecule has 0 heterocycles. The highest BCUT2D eigenvalue weighted by Gasteiger charge is 2.15. The SMILES string of the molecule is COC(=O)c1cccc(N(CCC(=O)NCc2ccc(OC)cc2)C(C)=O)c1. The molecule has 0 aliphatic rings. The second-order valence-electron chi connectivity index (χ2n) is 6.09. The van der Waals surface area contributed by atoms with E-state index < -0.39 is 5.97 Å². The van der Waals surface area contributed by atoms with E-state index in [1.165, 1.54) is 18.9 Å². The summed E-state index contributed by atoms with van der Waals surface area (Å²) in [6.45, 7) is 2.01. The zero-order valence-corrected chi connectivity index (χ0v) is 16.2. The highest BCUT2D eigenvalue weighted by atomic mass is 16.5. The number of nitrogens with one attached hydrogen (secondary N) is 1. The van der Waals surface area contributed by atoms with Crippen LogP contribution < -0.4 is 15.0 Å². The van der Waals surface area contributed by atoms with Gasteiger partial charge in [-0.3, -0.25) is 9.59 Å². The molecule has 2 aromatic carbocycles. The molecule has 2 amide bonds. The number of amides is 2. The number of carbonyl (C=O) groups is 3. The predicted molar refractivity (Wildman–Crippen MR) is 105 cm³/mol. The highest BCUT2D eigenvalue weighted by Crippen LogP contribution is 2.18. The summed E-state index contributed by atoms with van der Waals surface area (Å²) in [5, 5.41) is 2.83. The molecule has 2 rings (SSSR count). The van der Waals surface area contributed by atoms with Crippen LogP contribution in [-0.4, -0.2) is 38.5 Å². The van der Waals surface area contributed by atoms with Gasteiger partial charge in [0, 0.05) is 32.1 Å². The van der Waals surface area contributed by atoms with Gasteiger partial charge in [0.1, 0.15) is 5.75 Å². The standard InChI is InChI=1S/C21H24N2O5/c1-15(24)23(18-6-4-5-17(13-18)21(26)28-3)12-11-20(25)22-14-16-7-9-19(27-2)10-8-16/h4-10,13H,11-12,14H2,1-3H3,(H,22,25). The lowest BCUT2D eigenvalue weighted by Gasteiger charge is -2.21. The largest absolute Gasteiger partial charge is 0.497 e. The van der Waals surface area contributed by atoms with E-state index >= 15 is 0 Å². The van der Waals surface area contributed by atoms with Gasteiger partial charge in [0.2, 0.25) is 11.8 Å². The molecule has 0 aliphatic carbocycles. The zero-order valence-electron chi connectivity index (χ0n) is 16.2. The van der Waals surface area contributed by atoms with Gasteiger partial charge in [-0.25, -0.2) is 4.79 Å². The number of nitrogens with zero attached hydrogens (tertiary/aromatic N) is 1. The number of ether oxygens (including phenoxy) is 2. The van der Waals surface area contributed by atoms with Gasteiger partial charge in [-0.05, 0) is 35.9 Å². The van der Waals surface area contributed by atoms with Crippen LogP contribution in [0.1, 0.15) is 29.3 Å². The average Bonchev–Trinajstić information content (AvgIpc) is 2.72. The summed E-state index contributed by atoms with van der Waals surface area (Å²) in [5.74, 6) is -0.125. The van der Waals surface area contributed by atoms with Crippen molar-refractivity contribution in [1.82, 2.24) is 5.32 Å². The van der Waals surface area contributed by atoms with Crippen LogP contribution in [0.25, 0.3) is 0 Å². The van der Waals surface area contributed by atoms with Gasteiger partial charge in [-0.15, -0.1) is 0 Å². The maximum Gasteiger partial charge on any atom is 0.337 e. The molecular weight excluding hydrogens is 360 g/mol. The number of hydrogen-bond donors (Lipinski definition) is 1. The Morgan fingerprint density at radius 3 is 2.36 bits per heavy atom. The third kappa shape index (κ3) is 5.84. The van der Waals surface area contributed by atoms with Crippen molar-refractivity contribution in [2.75, 3.05) is 25.7 Å². The van der Waals surface area contributed by atoms with Crippen LogP contribution in [0.2, 0.25) is 0 Å². The fourth-order valence-corrected chi connectivity index (χ4v) is 2.63. The van der Waals surface area contributed by atoms with E-state index in [1.807, 2.05) is 24.3 Å². The fraction of sp³-hybridized carbons (Fsp3) is 0.286. The first kappa shape index (κ1) is 21.0. The Balaban J connectivity index is 1.94. The van der Waals surface area contributed by atoms with Gasteiger partial charge < -0.3 is 19.7 Å².